The van der Waals surface area contributed by atoms with E-state index >= 15 is 0 Å². The zero-order chi connectivity index (χ0) is 18.9. The third-order valence-corrected chi connectivity index (χ3v) is 5.10. The van der Waals surface area contributed by atoms with Gasteiger partial charge in [-0.25, -0.2) is 8.42 Å². The number of anilines is 1. The maximum Gasteiger partial charge on any atom is 0.229 e. The largest absolute Gasteiger partial charge is 0.469 e. The minimum absolute atomic E-state index is 0.531. The molecule has 0 fully saturated rings. The fourth-order valence-corrected chi connectivity index (χ4v) is 3.90. The SMILES string of the molecule is CS(=O)(=O)Nc1cccc(C=C=C2c3ccccc3CCc3occc32)c1. The number of hydrogen-bond donors (Lipinski definition) is 1. The molecular formula is C22H19NO3S. The van der Waals surface area contributed by atoms with E-state index in [-0.39, 0.29) is 0 Å². The highest BCUT2D eigenvalue weighted by atomic mass is 32.2. The van der Waals surface area contributed by atoms with E-state index in [9.17, 15) is 8.42 Å². The summed E-state index contributed by atoms with van der Waals surface area (Å²) in [7, 11) is -3.31. The summed E-state index contributed by atoms with van der Waals surface area (Å²) in [6, 6.07) is 17.5. The van der Waals surface area contributed by atoms with Crippen LogP contribution >= 0.6 is 0 Å². The fourth-order valence-electron chi connectivity index (χ4n) is 3.35. The van der Waals surface area contributed by atoms with Crippen LogP contribution in [0.2, 0.25) is 0 Å². The molecule has 5 heteroatoms. The van der Waals surface area contributed by atoms with Gasteiger partial charge in [-0.2, -0.15) is 0 Å². The first-order chi connectivity index (χ1) is 13.0. The van der Waals surface area contributed by atoms with Gasteiger partial charge in [-0.1, -0.05) is 36.4 Å². The quantitative estimate of drug-likeness (QED) is 0.684. The summed E-state index contributed by atoms with van der Waals surface area (Å²) < 4.78 is 31.1. The van der Waals surface area contributed by atoms with Crippen molar-refractivity contribution in [2.24, 2.45) is 0 Å². The lowest BCUT2D eigenvalue weighted by molar-refractivity contribution is 0.508. The van der Waals surface area contributed by atoms with Gasteiger partial charge in [0, 0.05) is 23.2 Å². The number of nitrogens with one attached hydrogen (secondary N) is 1. The van der Waals surface area contributed by atoms with Gasteiger partial charge in [0.25, 0.3) is 0 Å². The van der Waals surface area contributed by atoms with Gasteiger partial charge in [0.05, 0.1) is 12.5 Å². The number of hydrogen-bond acceptors (Lipinski definition) is 3. The molecule has 4 rings (SSSR count). The Morgan fingerprint density at radius 2 is 1.89 bits per heavy atom. The molecule has 0 radical (unpaired) electrons. The van der Waals surface area contributed by atoms with E-state index in [2.05, 4.69) is 22.6 Å². The van der Waals surface area contributed by atoms with Crippen LogP contribution in [0.1, 0.15) is 28.0 Å². The van der Waals surface area contributed by atoms with Crippen molar-refractivity contribution in [2.75, 3.05) is 11.0 Å². The Morgan fingerprint density at radius 1 is 1.04 bits per heavy atom. The van der Waals surface area contributed by atoms with Crippen molar-refractivity contribution in [1.29, 1.82) is 0 Å². The first kappa shape index (κ1) is 17.4. The first-order valence-electron chi connectivity index (χ1n) is 8.69. The van der Waals surface area contributed by atoms with E-state index in [0.29, 0.717) is 5.69 Å². The Hall–Kier alpha value is -3.01. The number of sulfonamides is 1. The lowest BCUT2D eigenvalue weighted by Gasteiger charge is -2.07. The summed E-state index contributed by atoms with van der Waals surface area (Å²) >= 11 is 0. The highest BCUT2D eigenvalue weighted by Crippen LogP contribution is 2.33. The van der Waals surface area contributed by atoms with Crippen LogP contribution in [0.15, 0.2) is 71.0 Å². The summed E-state index contributed by atoms with van der Waals surface area (Å²) in [5, 5.41) is 0. The Labute approximate surface area is 158 Å². The van der Waals surface area contributed by atoms with Crippen molar-refractivity contribution in [2.45, 2.75) is 12.8 Å². The molecule has 0 spiro atoms. The Morgan fingerprint density at radius 3 is 2.74 bits per heavy atom. The van der Waals surface area contributed by atoms with Gasteiger partial charge in [-0.05, 0) is 47.4 Å². The Kier molecular flexibility index (Phi) is 4.48. The summed E-state index contributed by atoms with van der Waals surface area (Å²) in [6.07, 6.45) is 6.52. The second-order valence-electron chi connectivity index (χ2n) is 6.58. The minimum Gasteiger partial charge on any atom is -0.469 e. The van der Waals surface area contributed by atoms with Crippen molar-refractivity contribution >= 4 is 27.4 Å². The van der Waals surface area contributed by atoms with Crippen molar-refractivity contribution in [3.05, 3.63) is 94.6 Å². The van der Waals surface area contributed by atoms with Crippen LogP contribution < -0.4 is 4.72 Å². The molecular weight excluding hydrogens is 358 g/mol. The molecule has 0 aliphatic heterocycles. The third kappa shape index (κ3) is 3.90. The zero-order valence-electron chi connectivity index (χ0n) is 14.9. The summed E-state index contributed by atoms with van der Waals surface area (Å²) in [5.41, 5.74) is 9.29. The van der Waals surface area contributed by atoms with Crippen LogP contribution in [-0.2, 0) is 22.9 Å². The minimum atomic E-state index is -3.31. The van der Waals surface area contributed by atoms with Gasteiger partial charge in [-0.3, -0.25) is 4.72 Å². The maximum absolute atomic E-state index is 11.4. The highest BCUT2D eigenvalue weighted by molar-refractivity contribution is 7.92. The molecule has 0 saturated heterocycles. The molecule has 0 atom stereocenters. The monoisotopic (exact) mass is 377 g/mol. The molecule has 3 aromatic rings. The average molecular weight is 377 g/mol. The van der Waals surface area contributed by atoms with E-state index < -0.39 is 10.0 Å². The predicted molar refractivity (Wildman–Crippen MR) is 108 cm³/mol. The molecule has 1 aliphatic rings. The molecule has 0 saturated carbocycles. The van der Waals surface area contributed by atoms with Crippen molar-refractivity contribution in [3.63, 3.8) is 0 Å². The summed E-state index contributed by atoms with van der Waals surface area (Å²) in [6.45, 7) is 0. The molecule has 1 aliphatic carbocycles. The zero-order valence-corrected chi connectivity index (χ0v) is 15.7. The van der Waals surface area contributed by atoms with E-state index in [0.717, 1.165) is 47.1 Å². The lowest BCUT2D eigenvalue weighted by Crippen LogP contribution is -2.09. The van der Waals surface area contributed by atoms with Crippen LogP contribution in [0, 0.1) is 0 Å². The molecule has 0 amide bonds. The molecule has 1 aromatic heterocycles. The van der Waals surface area contributed by atoms with Gasteiger partial charge in [0.2, 0.25) is 10.0 Å². The number of benzene rings is 2. The molecule has 136 valence electrons. The number of aryl methyl sites for hydroxylation is 2. The number of fused-ring (bicyclic) bond motifs is 2. The smallest absolute Gasteiger partial charge is 0.229 e. The van der Waals surface area contributed by atoms with Crippen LogP contribution in [0.25, 0.3) is 11.6 Å². The molecule has 4 nitrogen and oxygen atoms in total. The number of furan rings is 1. The van der Waals surface area contributed by atoms with E-state index in [1.54, 1.807) is 18.4 Å². The van der Waals surface area contributed by atoms with Crippen LogP contribution in [-0.4, -0.2) is 14.7 Å². The van der Waals surface area contributed by atoms with Crippen molar-refractivity contribution in [3.8, 4) is 0 Å². The van der Waals surface area contributed by atoms with Gasteiger partial charge < -0.3 is 4.42 Å². The van der Waals surface area contributed by atoms with Crippen LogP contribution in [0.4, 0.5) is 5.69 Å². The van der Waals surface area contributed by atoms with E-state index in [4.69, 9.17) is 4.42 Å². The van der Waals surface area contributed by atoms with Crippen molar-refractivity contribution in [1.82, 2.24) is 0 Å². The van der Waals surface area contributed by atoms with E-state index in [1.165, 1.54) is 5.56 Å². The van der Waals surface area contributed by atoms with Gasteiger partial charge in [-0.15, -0.1) is 5.73 Å². The van der Waals surface area contributed by atoms with Crippen molar-refractivity contribution < 1.29 is 12.8 Å². The normalized spacial score (nSPS) is 13.1. The molecule has 0 unspecified atom stereocenters. The molecule has 1 heterocycles. The second kappa shape index (κ2) is 6.95. The topological polar surface area (TPSA) is 59.3 Å². The second-order valence-corrected chi connectivity index (χ2v) is 8.33. The fraction of sp³-hybridized carbons (Fsp3) is 0.136. The van der Waals surface area contributed by atoms with Crippen LogP contribution in [0.3, 0.4) is 0 Å². The summed E-state index contributed by atoms with van der Waals surface area (Å²) in [4.78, 5) is 0. The standard InChI is InChI=1S/C22H19NO3S/c1-27(24,25)23-18-7-4-5-16(15-18)9-11-20-19-8-3-2-6-17(19)10-12-22-21(20)13-14-26-22/h2-9,13-15,23H,10,12H2,1H3. The van der Waals surface area contributed by atoms with Crippen LogP contribution in [0.5, 0.6) is 0 Å². The average Bonchev–Trinajstić information content (AvgIpc) is 3.03. The Bertz CT molecular complexity index is 1170. The molecule has 1 N–H and O–H groups in total. The molecule has 0 bridgehead atoms. The molecule has 27 heavy (non-hydrogen) atoms. The summed E-state index contributed by atoms with van der Waals surface area (Å²) in [5.74, 6) is 0.967. The van der Waals surface area contributed by atoms with Gasteiger partial charge in [0.1, 0.15) is 5.76 Å². The first-order valence-corrected chi connectivity index (χ1v) is 10.6. The highest BCUT2D eigenvalue weighted by Gasteiger charge is 2.19. The maximum atomic E-state index is 11.4. The third-order valence-electron chi connectivity index (χ3n) is 4.50. The number of rotatable bonds is 3. The predicted octanol–water partition coefficient (Wildman–Crippen LogP) is 4.49. The van der Waals surface area contributed by atoms with Gasteiger partial charge in [0.15, 0.2) is 0 Å². The molecule has 2 aromatic carbocycles. The van der Waals surface area contributed by atoms with E-state index in [1.807, 2.05) is 36.4 Å². The Balaban J connectivity index is 1.82. The lowest BCUT2D eigenvalue weighted by atomic mass is 9.96. The van der Waals surface area contributed by atoms with Gasteiger partial charge >= 0.3 is 0 Å².